The summed E-state index contributed by atoms with van der Waals surface area (Å²) >= 11 is 1.71. The number of carbonyl (C=O) groups excluding carboxylic acids is 1. The Labute approximate surface area is 151 Å². The molecular formula is C18H24N4O2S. The Morgan fingerprint density at radius 1 is 1.36 bits per heavy atom. The third-order valence-electron chi connectivity index (χ3n) is 5.13. The predicted octanol–water partition coefficient (Wildman–Crippen LogP) is 2.52. The smallest absolute Gasteiger partial charge is 0.264 e. The molecule has 1 saturated heterocycles. The average Bonchev–Trinajstić information content (AvgIpc) is 3.20. The van der Waals surface area contributed by atoms with E-state index in [0.29, 0.717) is 12.4 Å². The highest BCUT2D eigenvalue weighted by Gasteiger charge is 2.26. The van der Waals surface area contributed by atoms with Gasteiger partial charge in [-0.05, 0) is 36.8 Å². The van der Waals surface area contributed by atoms with Crippen LogP contribution in [0.4, 0.5) is 0 Å². The zero-order chi connectivity index (χ0) is 17.4. The molecule has 4 rings (SSSR count). The lowest BCUT2D eigenvalue weighted by molar-refractivity contribution is 0.0629. The molecule has 0 unspecified atom stereocenters. The van der Waals surface area contributed by atoms with E-state index in [2.05, 4.69) is 28.0 Å². The van der Waals surface area contributed by atoms with Crippen molar-refractivity contribution in [3.8, 4) is 0 Å². The number of amides is 1. The van der Waals surface area contributed by atoms with E-state index < -0.39 is 0 Å². The fraction of sp³-hybridized carbons (Fsp3) is 0.611. The van der Waals surface area contributed by atoms with E-state index in [-0.39, 0.29) is 5.91 Å². The Balaban J connectivity index is 1.35. The molecule has 0 saturated carbocycles. The van der Waals surface area contributed by atoms with Crippen molar-refractivity contribution in [2.24, 2.45) is 5.92 Å². The number of fused-ring (bicyclic) bond motifs is 1. The van der Waals surface area contributed by atoms with Gasteiger partial charge in [0.25, 0.3) is 5.91 Å². The number of aryl methyl sites for hydroxylation is 2. The molecule has 7 heteroatoms. The lowest BCUT2D eigenvalue weighted by Crippen LogP contribution is -2.48. The van der Waals surface area contributed by atoms with Gasteiger partial charge in [0.1, 0.15) is 0 Å². The maximum Gasteiger partial charge on any atom is 0.264 e. The topological polar surface area (TPSA) is 62.5 Å². The molecule has 1 aliphatic heterocycles. The molecule has 2 aromatic rings. The van der Waals surface area contributed by atoms with E-state index in [0.717, 1.165) is 55.6 Å². The minimum Gasteiger partial charge on any atom is -0.340 e. The average molecular weight is 360 g/mol. The van der Waals surface area contributed by atoms with Gasteiger partial charge < -0.3 is 9.42 Å². The van der Waals surface area contributed by atoms with Gasteiger partial charge in [0.2, 0.25) is 5.89 Å². The van der Waals surface area contributed by atoms with Gasteiger partial charge in [-0.1, -0.05) is 12.1 Å². The molecule has 25 heavy (non-hydrogen) atoms. The first-order valence-corrected chi connectivity index (χ1v) is 9.82. The Hall–Kier alpha value is -1.73. The Kier molecular flexibility index (Phi) is 4.60. The van der Waals surface area contributed by atoms with Gasteiger partial charge in [0, 0.05) is 38.0 Å². The number of thiophene rings is 1. The van der Waals surface area contributed by atoms with Gasteiger partial charge in [0.15, 0.2) is 5.82 Å². The summed E-state index contributed by atoms with van der Waals surface area (Å²) < 4.78 is 5.02. The number of piperazine rings is 1. The summed E-state index contributed by atoms with van der Waals surface area (Å²) in [6.45, 7) is 8.00. The number of nitrogens with zero attached hydrogens (tertiary/aromatic N) is 4. The molecule has 2 aromatic heterocycles. The minimum atomic E-state index is 0.196. The fourth-order valence-electron chi connectivity index (χ4n) is 3.68. The number of aromatic nitrogens is 2. The highest BCUT2D eigenvalue weighted by Crippen LogP contribution is 2.32. The van der Waals surface area contributed by atoms with E-state index in [1.54, 1.807) is 18.3 Å². The van der Waals surface area contributed by atoms with Crippen molar-refractivity contribution < 1.29 is 9.32 Å². The maximum atomic E-state index is 12.8. The second kappa shape index (κ2) is 6.88. The molecule has 0 N–H and O–H groups in total. The van der Waals surface area contributed by atoms with Crippen molar-refractivity contribution >= 4 is 17.2 Å². The summed E-state index contributed by atoms with van der Waals surface area (Å²) in [5.74, 6) is 2.25. The van der Waals surface area contributed by atoms with E-state index in [1.807, 2.05) is 4.90 Å². The maximum absolute atomic E-state index is 12.8. The quantitative estimate of drug-likeness (QED) is 0.842. The second-order valence-electron chi connectivity index (χ2n) is 7.21. The molecular weight excluding hydrogens is 336 g/mol. The van der Waals surface area contributed by atoms with Crippen LogP contribution in [-0.2, 0) is 19.4 Å². The van der Waals surface area contributed by atoms with Crippen molar-refractivity contribution in [2.75, 3.05) is 26.2 Å². The summed E-state index contributed by atoms with van der Waals surface area (Å²) in [4.78, 5) is 23.7. The van der Waals surface area contributed by atoms with Gasteiger partial charge in [-0.15, -0.1) is 11.3 Å². The van der Waals surface area contributed by atoms with Crippen LogP contribution < -0.4 is 0 Å². The van der Waals surface area contributed by atoms with Crippen LogP contribution in [0.1, 0.15) is 45.2 Å². The van der Waals surface area contributed by atoms with Crippen LogP contribution in [0.15, 0.2) is 10.6 Å². The van der Waals surface area contributed by atoms with Crippen LogP contribution in [-0.4, -0.2) is 52.0 Å². The first-order chi connectivity index (χ1) is 12.1. The summed E-state index contributed by atoms with van der Waals surface area (Å²) in [5.41, 5.74) is 1.40. The first kappa shape index (κ1) is 16.7. The van der Waals surface area contributed by atoms with Gasteiger partial charge in [-0.2, -0.15) is 4.98 Å². The molecule has 0 radical (unpaired) electrons. The molecule has 3 heterocycles. The normalized spacial score (nSPS) is 21.4. The lowest BCUT2D eigenvalue weighted by atomic mass is 9.90. The third-order valence-corrected chi connectivity index (χ3v) is 6.36. The Bertz CT molecular complexity index is 761. The summed E-state index contributed by atoms with van der Waals surface area (Å²) in [5, 5.41) is 3.95. The number of carbonyl (C=O) groups is 1. The van der Waals surface area contributed by atoms with Crippen LogP contribution in [0.25, 0.3) is 0 Å². The molecule has 1 atom stereocenters. The first-order valence-electron chi connectivity index (χ1n) is 9.01. The monoisotopic (exact) mass is 360 g/mol. The van der Waals surface area contributed by atoms with Crippen molar-refractivity contribution in [1.82, 2.24) is 19.9 Å². The van der Waals surface area contributed by atoms with Crippen molar-refractivity contribution in [1.29, 1.82) is 0 Å². The van der Waals surface area contributed by atoms with Gasteiger partial charge >= 0.3 is 0 Å². The predicted molar refractivity (Wildman–Crippen MR) is 95.7 cm³/mol. The SMILES string of the molecule is Cc1nc(CN2CCN(C(=O)c3cc4c(s3)CC[C@@H](C)C4)CC2)no1. The molecule has 0 spiro atoms. The molecule has 0 aromatic carbocycles. The summed E-state index contributed by atoms with van der Waals surface area (Å²) in [6, 6.07) is 2.15. The second-order valence-corrected chi connectivity index (χ2v) is 8.34. The van der Waals surface area contributed by atoms with E-state index >= 15 is 0 Å². The van der Waals surface area contributed by atoms with E-state index in [1.165, 1.54) is 16.9 Å². The van der Waals surface area contributed by atoms with Crippen LogP contribution in [0.5, 0.6) is 0 Å². The van der Waals surface area contributed by atoms with Crippen LogP contribution in [0.3, 0.4) is 0 Å². The van der Waals surface area contributed by atoms with Gasteiger partial charge in [-0.25, -0.2) is 0 Å². The van der Waals surface area contributed by atoms with Gasteiger partial charge in [-0.3, -0.25) is 9.69 Å². The molecule has 1 aliphatic carbocycles. The Morgan fingerprint density at radius 2 is 2.16 bits per heavy atom. The molecule has 134 valence electrons. The zero-order valence-corrected chi connectivity index (χ0v) is 15.6. The molecule has 1 amide bonds. The van der Waals surface area contributed by atoms with Crippen molar-refractivity contribution in [3.63, 3.8) is 0 Å². The van der Waals surface area contributed by atoms with Crippen molar-refractivity contribution in [2.45, 2.75) is 39.7 Å². The zero-order valence-electron chi connectivity index (χ0n) is 14.8. The van der Waals surface area contributed by atoms with Crippen LogP contribution in [0, 0.1) is 12.8 Å². The molecule has 2 aliphatic rings. The summed E-state index contributed by atoms with van der Waals surface area (Å²) in [7, 11) is 0. The number of hydrogen-bond acceptors (Lipinski definition) is 6. The van der Waals surface area contributed by atoms with Gasteiger partial charge in [0.05, 0.1) is 11.4 Å². The lowest BCUT2D eigenvalue weighted by Gasteiger charge is -2.33. The highest BCUT2D eigenvalue weighted by molar-refractivity contribution is 7.14. The number of rotatable bonds is 3. The molecule has 0 bridgehead atoms. The molecule has 6 nitrogen and oxygen atoms in total. The van der Waals surface area contributed by atoms with E-state index in [9.17, 15) is 4.79 Å². The largest absolute Gasteiger partial charge is 0.340 e. The molecule has 1 fully saturated rings. The minimum absolute atomic E-state index is 0.196. The third kappa shape index (κ3) is 3.62. The summed E-state index contributed by atoms with van der Waals surface area (Å²) in [6.07, 6.45) is 3.50. The standard InChI is InChI=1S/C18H24N4O2S/c1-12-3-4-15-14(9-12)10-16(25-15)18(23)22-7-5-21(6-8-22)11-17-19-13(2)24-20-17/h10,12H,3-9,11H2,1-2H3/t12-/m1/s1. The van der Waals surface area contributed by atoms with Crippen LogP contribution >= 0.6 is 11.3 Å². The van der Waals surface area contributed by atoms with Crippen LogP contribution in [0.2, 0.25) is 0 Å². The van der Waals surface area contributed by atoms with E-state index in [4.69, 9.17) is 4.52 Å². The Morgan fingerprint density at radius 3 is 2.88 bits per heavy atom. The highest BCUT2D eigenvalue weighted by atomic mass is 32.1. The van der Waals surface area contributed by atoms with Crippen molar-refractivity contribution in [3.05, 3.63) is 33.1 Å². The fourth-order valence-corrected chi connectivity index (χ4v) is 4.86. The number of hydrogen-bond donors (Lipinski definition) is 0.